The van der Waals surface area contributed by atoms with E-state index in [0.29, 0.717) is 32.0 Å². The summed E-state index contributed by atoms with van der Waals surface area (Å²) in [5, 5.41) is 3.05. The fourth-order valence-electron chi connectivity index (χ4n) is 3.82. The van der Waals surface area contributed by atoms with Gasteiger partial charge in [0.15, 0.2) is 0 Å². The van der Waals surface area contributed by atoms with Gasteiger partial charge in [-0.2, -0.15) is 0 Å². The van der Waals surface area contributed by atoms with E-state index in [1.165, 1.54) is 12.0 Å². The second-order valence-corrected chi connectivity index (χ2v) is 7.25. The standard InChI is InChI=1S/C19H28N4O2/c20-18(24)17-8-10-23(14-17)19(25)21-11-16-7-4-9-22(13-16)12-15-5-2-1-3-6-15/h1-3,5-6,16-17H,4,7-14H2,(H2,20,24)(H,21,25)/t16-,17-/m0/s1. The molecular weight excluding hydrogens is 316 g/mol. The van der Waals surface area contributed by atoms with Gasteiger partial charge in [-0.1, -0.05) is 30.3 Å². The number of primary amides is 1. The van der Waals surface area contributed by atoms with Gasteiger partial charge in [-0.15, -0.1) is 0 Å². The molecule has 2 aliphatic rings. The van der Waals surface area contributed by atoms with E-state index in [0.717, 1.165) is 26.1 Å². The van der Waals surface area contributed by atoms with Crippen LogP contribution in [-0.2, 0) is 11.3 Å². The van der Waals surface area contributed by atoms with Gasteiger partial charge in [-0.25, -0.2) is 4.79 Å². The van der Waals surface area contributed by atoms with E-state index in [9.17, 15) is 9.59 Å². The molecule has 6 nitrogen and oxygen atoms in total. The molecule has 2 atom stereocenters. The number of nitrogens with two attached hydrogens (primary N) is 1. The van der Waals surface area contributed by atoms with Crippen molar-refractivity contribution in [3.8, 4) is 0 Å². The van der Waals surface area contributed by atoms with Gasteiger partial charge in [0.25, 0.3) is 0 Å². The van der Waals surface area contributed by atoms with Crippen LogP contribution in [0.25, 0.3) is 0 Å². The molecule has 0 aromatic heterocycles. The Balaban J connectivity index is 1.42. The summed E-state index contributed by atoms with van der Waals surface area (Å²) in [7, 11) is 0. The first kappa shape index (κ1) is 17.7. The number of rotatable bonds is 5. The number of piperidine rings is 1. The molecule has 1 aromatic rings. The number of nitrogens with one attached hydrogen (secondary N) is 1. The maximum atomic E-state index is 12.3. The highest BCUT2D eigenvalue weighted by Crippen LogP contribution is 2.19. The van der Waals surface area contributed by atoms with Crippen LogP contribution >= 0.6 is 0 Å². The summed E-state index contributed by atoms with van der Waals surface area (Å²) in [6.07, 6.45) is 2.99. The lowest BCUT2D eigenvalue weighted by molar-refractivity contribution is -0.121. The van der Waals surface area contributed by atoms with E-state index in [1.807, 2.05) is 6.07 Å². The van der Waals surface area contributed by atoms with Crippen molar-refractivity contribution in [2.45, 2.75) is 25.8 Å². The van der Waals surface area contributed by atoms with Gasteiger partial charge in [-0.05, 0) is 37.3 Å². The van der Waals surface area contributed by atoms with Crippen LogP contribution in [0.4, 0.5) is 4.79 Å². The lowest BCUT2D eigenvalue weighted by Gasteiger charge is -2.33. The number of urea groups is 1. The smallest absolute Gasteiger partial charge is 0.317 e. The second-order valence-electron chi connectivity index (χ2n) is 7.25. The van der Waals surface area contributed by atoms with Crippen molar-refractivity contribution >= 4 is 11.9 Å². The van der Waals surface area contributed by atoms with Crippen molar-refractivity contribution in [1.29, 1.82) is 0 Å². The van der Waals surface area contributed by atoms with Crippen molar-refractivity contribution in [2.24, 2.45) is 17.6 Å². The summed E-state index contributed by atoms with van der Waals surface area (Å²) >= 11 is 0. The minimum atomic E-state index is -0.306. The molecule has 3 rings (SSSR count). The summed E-state index contributed by atoms with van der Waals surface area (Å²) in [6, 6.07) is 10.4. The SMILES string of the molecule is NC(=O)[C@H]1CCN(C(=O)NC[C@@H]2CCCN(Cc3ccccc3)C2)C1. The van der Waals surface area contributed by atoms with Crippen LogP contribution in [0.15, 0.2) is 30.3 Å². The topological polar surface area (TPSA) is 78.7 Å². The first-order chi connectivity index (χ1) is 12.1. The van der Waals surface area contributed by atoms with E-state index in [-0.39, 0.29) is 17.9 Å². The van der Waals surface area contributed by atoms with Crippen molar-refractivity contribution in [3.05, 3.63) is 35.9 Å². The normalized spacial score (nSPS) is 24.2. The molecule has 0 unspecified atom stereocenters. The zero-order chi connectivity index (χ0) is 17.6. The van der Waals surface area contributed by atoms with E-state index in [1.54, 1.807) is 4.90 Å². The quantitative estimate of drug-likeness (QED) is 0.848. The lowest BCUT2D eigenvalue weighted by atomic mass is 9.97. The van der Waals surface area contributed by atoms with Gasteiger partial charge < -0.3 is 16.0 Å². The third-order valence-corrected chi connectivity index (χ3v) is 5.27. The van der Waals surface area contributed by atoms with Crippen LogP contribution in [0.5, 0.6) is 0 Å². The van der Waals surface area contributed by atoms with Crippen molar-refractivity contribution in [1.82, 2.24) is 15.1 Å². The molecule has 0 saturated carbocycles. The summed E-state index contributed by atoms with van der Waals surface area (Å²) in [5.41, 5.74) is 6.66. The Morgan fingerprint density at radius 1 is 1.12 bits per heavy atom. The van der Waals surface area contributed by atoms with Gasteiger partial charge in [0, 0.05) is 32.7 Å². The number of likely N-dealkylation sites (tertiary alicyclic amines) is 2. The van der Waals surface area contributed by atoms with Crippen molar-refractivity contribution in [2.75, 3.05) is 32.7 Å². The fraction of sp³-hybridized carbons (Fsp3) is 0.579. The van der Waals surface area contributed by atoms with E-state index >= 15 is 0 Å². The first-order valence-electron chi connectivity index (χ1n) is 9.20. The molecule has 6 heteroatoms. The van der Waals surface area contributed by atoms with Crippen LogP contribution in [0.2, 0.25) is 0 Å². The van der Waals surface area contributed by atoms with E-state index in [2.05, 4.69) is 34.5 Å². The maximum Gasteiger partial charge on any atom is 0.317 e. The molecule has 1 aromatic carbocycles. The molecule has 25 heavy (non-hydrogen) atoms. The number of carbonyl (C=O) groups is 2. The first-order valence-corrected chi connectivity index (χ1v) is 9.20. The van der Waals surface area contributed by atoms with Gasteiger partial charge >= 0.3 is 6.03 Å². The number of hydrogen-bond acceptors (Lipinski definition) is 3. The molecule has 136 valence electrons. The van der Waals surface area contributed by atoms with Crippen molar-refractivity contribution in [3.63, 3.8) is 0 Å². The van der Waals surface area contributed by atoms with Gasteiger partial charge in [-0.3, -0.25) is 9.69 Å². The van der Waals surface area contributed by atoms with Crippen LogP contribution < -0.4 is 11.1 Å². The second kappa shape index (κ2) is 8.34. The average molecular weight is 344 g/mol. The van der Waals surface area contributed by atoms with Gasteiger partial charge in [0.2, 0.25) is 5.91 Å². The largest absolute Gasteiger partial charge is 0.369 e. The molecular formula is C19H28N4O2. The third kappa shape index (κ3) is 4.95. The molecule has 2 heterocycles. The predicted octanol–water partition coefficient (Wildman–Crippen LogP) is 1.42. The average Bonchev–Trinajstić information content (AvgIpc) is 3.11. The minimum absolute atomic E-state index is 0.0658. The Morgan fingerprint density at radius 2 is 1.92 bits per heavy atom. The molecule has 2 fully saturated rings. The predicted molar refractivity (Wildman–Crippen MR) is 96.7 cm³/mol. The van der Waals surface area contributed by atoms with Crippen molar-refractivity contribution < 1.29 is 9.59 Å². The minimum Gasteiger partial charge on any atom is -0.369 e. The Labute approximate surface area is 149 Å². The molecule has 0 spiro atoms. The van der Waals surface area contributed by atoms with E-state index in [4.69, 9.17) is 5.73 Å². The maximum absolute atomic E-state index is 12.3. The third-order valence-electron chi connectivity index (χ3n) is 5.27. The zero-order valence-electron chi connectivity index (χ0n) is 14.7. The Kier molecular flexibility index (Phi) is 5.91. The zero-order valence-corrected chi connectivity index (χ0v) is 14.7. The van der Waals surface area contributed by atoms with Gasteiger partial charge in [0.1, 0.15) is 0 Å². The highest BCUT2D eigenvalue weighted by Gasteiger charge is 2.30. The highest BCUT2D eigenvalue weighted by atomic mass is 16.2. The fourth-order valence-corrected chi connectivity index (χ4v) is 3.82. The van der Waals surface area contributed by atoms with Crippen LogP contribution in [0.3, 0.4) is 0 Å². The molecule has 2 aliphatic heterocycles. The molecule has 0 radical (unpaired) electrons. The molecule has 0 bridgehead atoms. The Morgan fingerprint density at radius 3 is 2.64 bits per heavy atom. The monoisotopic (exact) mass is 344 g/mol. The number of hydrogen-bond donors (Lipinski definition) is 2. The van der Waals surface area contributed by atoms with Crippen LogP contribution in [0, 0.1) is 11.8 Å². The summed E-state index contributed by atoms with van der Waals surface area (Å²) in [5.74, 6) is -0.0168. The summed E-state index contributed by atoms with van der Waals surface area (Å²) in [4.78, 5) is 27.7. The molecule has 2 saturated heterocycles. The molecule has 0 aliphatic carbocycles. The Bertz CT molecular complexity index is 592. The number of amides is 3. The highest BCUT2D eigenvalue weighted by molar-refractivity contribution is 5.80. The lowest BCUT2D eigenvalue weighted by Crippen LogP contribution is -2.44. The van der Waals surface area contributed by atoms with Crippen LogP contribution in [-0.4, -0.2) is 54.5 Å². The number of nitrogens with zero attached hydrogens (tertiary/aromatic N) is 2. The summed E-state index contributed by atoms with van der Waals surface area (Å²) in [6.45, 7) is 4.86. The number of carbonyl (C=O) groups excluding carboxylic acids is 2. The Hall–Kier alpha value is -2.08. The number of benzene rings is 1. The summed E-state index contributed by atoms with van der Waals surface area (Å²) < 4.78 is 0. The van der Waals surface area contributed by atoms with Crippen LogP contribution in [0.1, 0.15) is 24.8 Å². The van der Waals surface area contributed by atoms with E-state index < -0.39 is 0 Å². The molecule has 3 N–H and O–H groups in total. The molecule has 3 amide bonds. The van der Waals surface area contributed by atoms with Gasteiger partial charge in [0.05, 0.1) is 5.92 Å².